The van der Waals surface area contributed by atoms with Crippen LogP contribution in [0.1, 0.15) is 32.6 Å². The first-order chi connectivity index (χ1) is 14.0. The van der Waals surface area contributed by atoms with E-state index in [2.05, 4.69) is 21.8 Å². The number of halogens is 2. The number of rotatable bonds is 4. The number of aromatic nitrogens is 2. The number of carbonyl (C=O) groups excluding carboxylic acids is 1. The third kappa shape index (κ3) is 4.45. The molecule has 1 aliphatic heterocycles. The Morgan fingerprint density at radius 2 is 2.00 bits per heavy atom. The minimum atomic E-state index is -0.499. The molecule has 2 aromatic rings. The quantitative estimate of drug-likeness (QED) is 0.741. The Kier molecular flexibility index (Phi) is 5.85. The topological polar surface area (TPSA) is 58.6 Å². The Morgan fingerprint density at radius 3 is 2.72 bits per heavy atom. The summed E-state index contributed by atoms with van der Waals surface area (Å²) in [5.41, 5.74) is 0. The second-order valence-electron chi connectivity index (χ2n) is 7.70. The molecule has 1 aromatic carbocycles. The van der Waals surface area contributed by atoms with Gasteiger partial charge in [0.25, 0.3) is 0 Å². The van der Waals surface area contributed by atoms with E-state index in [9.17, 15) is 9.18 Å². The summed E-state index contributed by atoms with van der Waals surface area (Å²) >= 11 is 5.81. The largest absolute Gasteiger partial charge is 0.439 e. The molecular weight excluding hydrogens is 395 g/mol. The number of amides is 1. The fourth-order valence-electron chi connectivity index (χ4n) is 4.12. The number of piperazine rings is 1. The summed E-state index contributed by atoms with van der Waals surface area (Å²) in [5.74, 6) is 1.50. The van der Waals surface area contributed by atoms with Gasteiger partial charge >= 0.3 is 0 Å². The van der Waals surface area contributed by atoms with E-state index in [0.29, 0.717) is 37.2 Å². The standard InChI is InChI=1S/C21H24ClFN4O2/c1-14-12-26(8-9-27(14)21(28)15-4-2-3-5-15)19-11-20(25-13-24-19)29-16-6-7-18(23)17(22)10-16/h6-7,10-11,13-15H,2-5,8-9,12H2,1H3. The summed E-state index contributed by atoms with van der Waals surface area (Å²) in [6.07, 6.45) is 5.80. The minimum Gasteiger partial charge on any atom is -0.439 e. The number of nitrogens with zero attached hydrogens (tertiary/aromatic N) is 4. The lowest BCUT2D eigenvalue weighted by atomic mass is 10.0. The Balaban J connectivity index is 1.42. The van der Waals surface area contributed by atoms with Crippen molar-refractivity contribution in [3.63, 3.8) is 0 Å². The van der Waals surface area contributed by atoms with Gasteiger partial charge in [0.15, 0.2) is 0 Å². The van der Waals surface area contributed by atoms with Crippen molar-refractivity contribution >= 4 is 23.3 Å². The molecule has 1 unspecified atom stereocenters. The molecule has 2 aliphatic rings. The molecule has 154 valence electrons. The average Bonchev–Trinajstić information content (AvgIpc) is 3.25. The molecule has 0 N–H and O–H groups in total. The van der Waals surface area contributed by atoms with Gasteiger partial charge in [0.1, 0.15) is 23.7 Å². The van der Waals surface area contributed by atoms with Crippen LogP contribution in [0.25, 0.3) is 0 Å². The third-order valence-corrected chi connectivity index (χ3v) is 5.97. The van der Waals surface area contributed by atoms with Crippen LogP contribution in [-0.4, -0.2) is 46.5 Å². The molecule has 1 saturated heterocycles. The first-order valence-electron chi connectivity index (χ1n) is 10.0. The van der Waals surface area contributed by atoms with Crippen LogP contribution < -0.4 is 9.64 Å². The van der Waals surface area contributed by atoms with E-state index in [0.717, 1.165) is 31.5 Å². The molecule has 8 heteroatoms. The lowest BCUT2D eigenvalue weighted by Gasteiger charge is -2.41. The van der Waals surface area contributed by atoms with Crippen molar-refractivity contribution in [2.45, 2.75) is 38.6 Å². The zero-order valence-electron chi connectivity index (χ0n) is 16.4. The van der Waals surface area contributed by atoms with Gasteiger partial charge in [0.05, 0.1) is 5.02 Å². The molecule has 1 saturated carbocycles. The lowest BCUT2D eigenvalue weighted by Crippen LogP contribution is -2.55. The third-order valence-electron chi connectivity index (χ3n) is 5.68. The highest BCUT2D eigenvalue weighted by Gasteiger charge is 2.33. The van der Waals surface area contributed by atoms with Crippen LogP contribution in [0.3, 0.4) is 0 Å². The van der Waals surface area contributed by atoms with E-state index in [4.69, 9.17) is 16.3 Å². The highest BCUT2D eigenvalue weighted by molar-refractivity contribution is 6.30. The van der Waals surface area contributed by atoms with Gasteiger partial charge in [-0.3, -0.25) is 4.79 Å². The van der Waals surface area contributed by atoms with Gasteiger partial charge in [0, 0.05) is 43.7 Å². The van der Waals surface area contributed by atoms with Gasteiger partial charge in [-0.15, -0.1) is 0 Å². The molecule has 4 rings (SSSR count). The lowest BCUT2D eigenvalue weighted by molar-refractivity contribution is -0.137. The molecule has 1 atom stereocenters. The van der Waals surface area contributed by atoms with Crippen LogP contribution in [0, 0.1) is 11.7 Å². The van der Waals surface area contributed by atoms with E-state index in [-0.39, 0.29) is 17.0 Å². The maximum atomic E-state index is 13.3. The van der Waals surface area contributed by atoms with Crippen molar-refractivity contribution in [3.05, 3.63) is 41.4 Å². The van der Waals surface area contributed by atoms with E-state index < -0.39 is 5.82 Å². The Hall–Kier alpha value is -2.41. The van der Waals surface area contributed by atoms with E-state index in [1.165, 1.54) is 24.5 Å². The van der Waals surface area contributed by atoms with Gasteiger partial charge in [-0.2, -0.15) is 0 Å². The number of anilines is 1. The van der Waals surface area contributed by atoms with Crippen LogP contribution in [0.5, 0.6) is 11.6 Å². The van der Waals surface area contributed by atoms with Gasteiger partial charge < -0.3 is 14.5 Å². The summed E-state index contributed by atoms with van der Waals surface area (Å²) in [5, 5.41) is -0.00587. The van der Waals surface area contributed by atoms with E-state index in [1.807, 2.05) is 4.90 Å². The van der Waals surface area contributed by atoms with E-state index in [1.54, 1.807) is 6.07 Å². The normalized spacial score (nSPS) is 20.2. The van der Waals surface area contributed by atoms with Crippen LogP contribution in [-0.2, 0) is 4.79 Å². The number of carbonyl (C=O) groups is 1. The minimum absolute atomic E-state index is 0.00587. The first-order valence-corrected chi connectivity index (χ1v) is 10.4. The van der Waals surface area contributed by atoms with Crippen molar-refractivity contribution in [1.82, 2.24) is 14.9 Å². The molecular formula is C21H24ClFN4O2. The zero-order valence-corrected chi connectivity index (χ0v) is 17.1. The second kappa shape index (κ2) is 8.53. The van der Waals surface area contributed by atoms with Crippen molar-refractivity contribution in [3.8, 4) is 11.6 Å². The first kappa shape index (κ1) is 19.9. The smallest absolute Gasteiger partial charge is 0.226 e. The molecule has 0 radical (unpaired) electrons. The maximum absolute atomic E-state index is 13.3. The molecule has 1 aromatic heterocycles. The summed E-state index contributed by atoms with van der Waals surface area (Å²) in [6.45, 7) is 4.18. The van der Waals surface area contributed by atoms with Crippen LogP contribution in [0.15, 0.2) is 30.6 Å². The summed E-state index contributed by atoms with van der Waals surface area (Å²) in [4.78, 5) is 25.4. The number of hydrogen-bond acceptors (Lipinski definition) is 5. The second-order valence-corrected chi connectivity index (χ2v) is 8.11. The SMILES string of the molecule is CC1CN(c2cc(Oc3ccc(F)c(Cl)c3)ncn2)CCN1C(=O)C1CCCC1. The van der Waals surface area contributed by atoms with Crippen molar-refractivity contribution in [1.29, 1.82) is 0 Å². The Bertz CT molecular complexity index is 891. The summed E-state index contributed by atoms with van der Waals surface area (Å²) in [6, 6.07) is 6.03. The van der Waals surface area contributed by atoms with Crippen molar-refractivity contribution in [2.24, 2.45) is 5.92 Å². The zero-order chi connectivity index (χ0) is 20.4. The molecule has 29 heavy (non-hydrogen) atoms. The molecule has 2 fully saturated rings. The van der Waals surface area contributed by atoms with Gasteiger partial charge in [-0.25, -0.2) is 14.4 Å². The predicted molar refractivity (Wildman–Crippen MR) is 109 cm³/mol. The number of benzene rings is 1. The molecule has 2 heterocycles. The molecule has 0 bridgehead atoms. The number of hydrogen-bond donors (Lipinski definition) is 0. The fourth-order valence-corrected chi connectivity index (χ4v) is 4.29. The monoisotopic (exact) mass is 418 g/mol. The molecule has 1 aliphatic carbocycles. The molecule has 0 spiro atoms. The van der Waals surface area contributed by atoms with Crippen LogP contribution in [0.2, 0.25) is 5.02 Å². The van der Waals surface area contributed by atoms with Gasteiger partial charge in [0.2, 0.25) is 11.8 Å². The van der Waals surface area contributed by atoms with Crippen LogP contribution in [0.4, 0.5) is 10.2 Å². The fraction of sp³-hybridized carbons (Fsp3) is 0.476. The Labute approximate surface area is 174 Å². The van der Waals surface area contributed by atoms with Crippen molar-refractivity contribution in [2.75, 3.05) is 24.5 Å². The molecule has 6 nitrogen and oxygen atoms in total. The summed E-state index contributed by atoms with van der Waals surface area (Å²) < 4.78 is 19.0. The Morgan fingerprint density at radius 1 is 1.21 bits per heavy atom. The number of ether oxygens (including phenoxy) is 1. The van der Waals surface area contributed by atoms with Crippen LogP contribution >= 0.6 is 11.6 Å². The average molecular weight is 419 g/mol. The summed E-state index contributed by atoms with van der Waals surface area (Å²) in [7, 11) is 0. The van der Waals surface area contributed by atoms with Crippen molar-refractivity contribution < 1.29 is 13.9 Å². The van der Waals surface area contributed by atoms with E-state index >= 15 is 0 Å². The maximum Gasteiger partial charge on any atom is 0.226 e. The molecule has 1 amide bonds. The predicted octanol–water partition coefficient (Wildman–Crippen LogP) is 4.29. The highest BCUT2D eigenvalue weighted by atomic mass is 35.5. The highest BCUT2D eigenvalue weighted by Crippen LogP contribution is 2.30. The van der Waals surface area contributed by atoms with Gasteiger partial charge in [-0.05, 0) is 31.9 Å². The van der Waals surface area contributed by atoms with Gasteiger partial charge in [-0.1, -0.05) is 24.4 Å².